The molecule has 6 heteroatoms. The zero-order valence-corrected chi connectivity index (χ0v) is 12.6. The number of methoxy groups -OCH3 is 1. The van der Waals surface area contributed by atoms with Gasteiger partial charge in [-0.2, -0.15) is 5.26 Å². The number of ether oxygens (including phenoxy) is 1. The Labute approximate surface area is 129 Å². The number of nitrogens with zero attached hydrogens (tertiary/aromatic N) is 2. The van der Waals surface area contributed by atoms with E-state index in [0.717, 1.165) is 16.5 Å². The lowest BCUT2D eigenvalue weighted by atomic mass is 10.1. The summed E-state index contributed by atoms with van der Waals surface area (Å²) in [7, 11) is 1.47. The summed E-state index contributed by atoms with van der Waals surface area (Å²) in [6.07, 6.45) is 0. The third-order valence-electron chi connectivity index (χ3n) is 3.18. The molecule has 1 amide bonds. The molecular formula is C16H18N4O2. The first kappa shape index (κ1) is 15.7. The Kier molecular flexibility index (Phi) is 5.28. The summed E-state index contributed by atoms with van der Waals surface area (Å²) < 4.78 is 4.73. The lowest BCUT2D eigenvalue weighted by Crippen LogP contribution is -2.31. The van der Waals surface area contributed by atoms with E-state index in [1.807, 2.05) is 31.2 Å². The lowest BCUT2D eigenvalue weighted by molar-refractivity contribution is -0.124. The number of hydrogen-bond donors (Lipinski definition) is 2. The summed E-state index contributed by atoms with van der Waals surface area (Å²) >= 11 is 0. The third-order valence-corrected chi connectivity index (χ3v) is 3.18. The Morgan fingerprint density at radius 3 is 2.95 bits per heavy atom. The normalized spacial score (nSPS) is 10.2. The van der Waals surface area contributed by atoms with Crippen molar-refractivity contribution in [2.24, 2.45) is 0 Å². The van der Waals surface area contributed by atoms with E-state index < -0.39 is 0 Å². The number of amides is 1. The molecule has 0 unspecified atom stereocenters. The second-order valence-electron chi connectivity index (χ2n) is 4.85. The molecule has 1 heterocycles. The number of carbonyl (C=O) groups excluding carboxylic acids is 1. The summed E-state index contributed by atoms with van der Waals surface area (Å²) in [5, 5.41) is 16.0. The van der Waals surface area contributed by atoms with Gasteiger partial charge in [-0.25, -0.2) is 4.98 Å². The van der Waals surface area contributed by atoms with E-state index in [4.69, 9.17) is 4.74 Å². The van der Waals surface area contributed by atoms with Crippen LogP contribution in [0.4, 0.5) is 5.82 Å². The number of pyridine rings is 1. The Bertz CT molecular complexity index is 722. The maximum Gasteiger partial charge on any atom is 0.246 e. The van der Waals surface area contributed by atoms with Crippen LogP contribution in [0, 0.1) is 18.3 Å². The number of nitrogens with one attached hydrogen (secondary N) is 2. The average molecular weight is 298 g/mol. The molecule has 2 rings (SSSR count). The van der Waals surface area contributed by atoms with Crippen LogP contribution in [0.1, 0.15) is 11.1 Å². The summed E-state index contributed by atoms with van der Waals surface area (Å²) in [4.78, 5) is 15.8. The van der Waals surface area contributed by atoms with Crippen molar-refractivity contribution in [1.82, 2.24) is 10.3 Å². The average Bonchev–Trinajstić information content (AvgIpc) is 2.51. The molecule has 0 fully saturated rings. The van der Waals surface area contributed by atoms with Crippen LogP contribution in [-0.2, 0) is 9.53 Å². The summed E-state index contributed by atoms with van der Waals surface area (Å²) in [6, 6.07) is 9.83. The molecule has 0 aliphatic carbocycles. The van der Waals surface area contributed by atoms with Crippen molar-refractivity contribution < 1.29 is 9.53 Å². The molecular weight excluding hydrogens is 280 g/mol. The van der Waals surface area contributed by atoms with E-state index in [0.29, 0.717) is 24.5 Å². The number of para-hydroxylation sites is 1. The van der Waals surface area contributed by atoms with Gasteiger partial charge in [0.25, 0.3) is 0 Å². The summed E-state index contributed by atoms with van der Waals surface area (Å²) in [5.74, 6) is 0.359. The molecule has 2 N–H and O–H groups in total. The maximum absolute atomic E-state index is 11.3. The van der Waals surface area contributed by atoms with Crippen molar-refractivity contribution in [2.75, 3.05) is 32.1 Å². The first-order valence-corrected chi connectivity index (χ1v) is 6.95. The highest BCUT2D eigenvalue weighted by Gasteiger charge is 2.08. The molecule has 2 aromatic rings. The fraction of sp³-hybridized carbons (Fsp3) is 0.312. The predicted molar refractivity (Wildman–Crippen MR) is 84.6 cm³/mol. The Hall–Kier alpha value is -2.65. The number of anilines is 1. The van der Waals surface area contributed by atoms with Crippen molar-refractivity contribution >= 4 is 22.6 Å². The fourth-order valence-electron chi connectivity index (χ4n) is 2.13. The van der Waals surface area contributed by atoms with Gasteiger partial charge in [-0.3, -0.25) is 4.79 Å². The van der Waals surface area contributed by atoms with E-state index in [2.05, 4.69) is 21.7 Å². The number of fused-ring (bicyclic) bond motifs is 1. The van der Waals surface area contributed by atoms with Gasteiger partial charge in [-0.1, -0.05) is 18.2 Å². The summed E-state index contributed by atoms with van der Waals surface area (Å²) in [5.41, 5.74) is 2.41. The van der Waals surface area contributed by atoms with Crippen LogP contribution in [-0.4, -0.2) is 37.7 Å². The molecule has 0 saturated carbocycles. The minimum absolute atomic E-state index is 0.0386. The standard InChI is InChI=1S/C16H18N4O2/c1-11-4-3-5-12-8-13(9-17)16(20-15(11)12)19-7-6-18-14(21)10-22-2/h3-5,8H,6-7,10H2,1-2H3,(H,18,21)(H,19,20). The SMILES string of the molecule is COCC(=O)NCCNc1nc2c(C)cccc2cc1C#N. The zero-order valence-electron chi connectivity index (χ0n) is 12.6. The van der Waals surface area contributed by atoms with Crippen LogP contribution in [0.3, 0.4) is 0 Å². The molecule has 6 nitrogen and oxygen atoms in total. The Morgan fingerprint density at radius 2 is 2.23 bits per heavy atom. The molecule has 0 bridgehead atoms. The number of nitriles is 1. The van der Waals surface area contributed by atoms with Crippen LogP contribution >= 0.6 is 0 Å². The molecule has 0 aliphatic rings. The van der Waals surface area contributed by atoms with Gasteiger partial charge in [0.15, 0.2) is 0 Å². The Morgan fingerprint density at radius 1 is 1.41 bits per heavy atom. The number of hydrogen-bond acceptors (Lipinski definition) is 5. The highest BCUT2D eigenvalue weighted by molar-refractivity contribution is 5.85. The van der Waals surface area contributed by atoms with Gasteiger partial charge >= 0.3 is 0 Å². The second kappa shape index (κ2) is 7.38. The van der Waals surface area contributed by atoms with Gasteiger partial charge in [0.05, 0.1) is 11.1 Å². The number of aromatic nitrogens is 1. The largest absolute Gasteiger partial charge is 0.375 e. The third kappa shape index (κ3) is 3.71. The van der Waals surface area contributed by atoms with Crippen LogP contribution in [0.2, 0.25) is 0 Å². The molecule has 0 aliphatic heterocycles. The minimum Gasteiger partial charge on any atom is -0.375 e. The number of aryl methyl sites for hydroxylation is 1. The van der Waals surface area contributed by atoms with Gasteiger partial charge in [-0.05, 0) is 18.6 Å². The van der Waals surface area contributed by atoms with Crippen molar-refractivity contribution in [2.45, 2.75) is 6.92 Å². The topological polar surface area (TPSA) is 87.0 Å². The van der Waals surface area contributed by atoms with Crippen LogP contribution in [0.15, 0.2) is 24.3 Å². The second-order valence-corrected chi connectivity index (χ2v) is 4.85. The highest BCUT2D eigenvalue weighted by atomic mass is 16.5. The van der Waals surface area contributed by atoms with E-state index >= 15 is 0 Å². The van der Waals surface area contributed by atoms with Gasteiger partial charge in [0.1, 0.15) is 18.5 Å². The Balaban J connectivity index is 2.08. The van der Waals surface area contributed by atoms with E-state index in [1.165, 1.54) is 7.11 Å². The highest BCUT2D eigenvalue weighted by Crippen LogP contribution is 2.22. The predicted octanol–water partition coefficient (Wildman–Crippen LogP) is 1.59. The van der Waals surface area contributed by atoms with E-state index in [9.17, 15) is 10.1 Å². The quantitative estimate of drug-likeness (QED) is 0.791. The van der Waals surface area contributed by atoms with E-state index in [1.54, 1.807) is 0 Å². The van der Waals surface area contributed by atoms with E-state index in [-0.39, 0.29) is 12.5 Å². The van der Waals surface area contributed by atoms with Crippen LogP contribution < -0.4 is 10.6 Å². The van der Waals surface area contributed by atoms with Gasteiger partial charge in [-0.15, -0.1) is 0 Å². The fourth-order valence-corrected chi connectivity index (χ4v) is 2.13. The molecule has 0 radical (unpaired) electrons. The zero-order chi connectivity index (χ0) is 15.9. The molecule has 0 spiro atoms. The van der Waals surface area contributed by atoms with Crippen molar-refractivity contribution in [3.05, 3.63) is 35.4 Å². The molecule has 114 valence electrons. The first-order chi connectivity index (χ1) is 10.7. The van der Waals surface area contributed by atoms with Crippen molar-refractivity contribution in [3.63, 3.8) is 0 Å². The summed E-state index contributed by atoms with van der Waals surface area (Å²) in [6.45, 7) is 2.93. The molecule has 0 atom stereocenters. The first-order valence-electron chi connectivity index (χ1n) is 6.95. The smallest absolute Gasteiger partial charge is 0.246 e. The molecule has 22 heavy (non-hydrogen) atoms. The number of rotatable bonds is 6. The molecule has 0 saturated heterocycles. The minimum atomic E-state index is -0.174. The number of benzene rings is 1. The monoisotopic (exact) mass is 298 g/mol. The van der Waals surface area contributed by atoms with Gasteiger partial charge in [0.2, 0.25) is 5.91 Å². The van der Waals surface area contributed by atoms with Gasteiger partial charge < -0.3 is 15.4 Å². The molecule has 1 aromatic carbocycles. The lowest BCUT2D eigenvalue weighted by Gasteiger charge is -2.10. The van der Waals surface area contributed by atoms with Crippen molar-refractivity contribution in [3.8, 4) is 6.07 Å². The van der Waals surface area contributed by atoms with Gasteiger partial charge in [0, 0.05) is 25.6 Å². The maximum atomic E-state index is 11.3. The number of carbonyl (C=O) groups is 1. The molecule has 1 aromatic heterocycles. The van der Waals surface area contributed by atoms with Crippen molar-refractivity contribution in [1.29, 1.82) is 5.26 Å². The van der Waals surface area contributed by atoms with Crippen LogP contribution in [0.25, 0.3) is 10.9 Å². The van der Waals surface area contributed by atoms with Crippen LogP contribution in [0.5, 0.6) is 0 Å².